The number of hydrogen-bond donors (Lipinski definition) is 0. The Kier molecular flexibility index (Phi) is 5.51. The van der Waals surface area contributed by atoms with Gasteiger partial charge in [0, 0.05) is 57.0 Å². The number of carbonyl (C=O) groups excluding carboxylic acids is 1. The second-order valence-electron chi connectivity index (χ2n) is 7.23. The van der Waals surface area contributed by atoms with Gasteiger partial charge >= 0.3 is 0 Å². The van der Waals surface area contributed by atoms with Crippen molar-refractivity contribution >= 4 is 11.9 Å². The Labute approximate surface area is 160 Å². The zero-order chi connectivity index (χ0) is 18.5. The van der Waals surface area contributed by atoms with Crippen LogP contribution in [0, 0.1) is 0 Å². The van der Waals surface area contributed by atoms with Crippen LogP contribution in [0.5, 0.6) is 5.75 Å². The highest BCUT2D eigenvalue weighted by Crippen LogP contribution is 2.22. The summed E-state index contributed by atoms with van der Waals surface area (Å²) >= 11 is 0. The number of rotatable bonds is 4. The molecule has 142 valence electrons. The standard InChI is InChI=1S/C21H26N4O2/c26-20(24-13-2-1-3-14-24)17-5-7-18(8-6-17)27-19-9-15-25(16-10-19)21-22-11-4-12-23-21/h4-8,11-12,19H,1-3,9-10,13-16H2. The minimum atomic E-state index is 0.136. The molecule has 2 aliphatic rings. The Morgan fingerprint density at radius 2 is 1.59 bits per heavy atom. The average Bonchev–Trinajstić information content (AvgIpc) is 2.76. The highest BCUT2D eigenvalue weighted by Gasteiger charge is 2.22. The molecule has 2 fully saturated rings. The maximum Gasteiger partial charge on any atom is 0.253 e. The van der Waals surface area contributed by atoms with Crippen molar-refractivity contribution in [3.05, 3.63) is 48.3 Å². The average molecular weight is 366 g/mol. The highest BCUT2D eigenvalue weighted by atomic mass is 16.5. The third-order valence-corrected chi connectivity index (χ3v) is 5.32. The Morgan fingerprint density at radius 3 is 2.26 bits per heavy atom. The van der Waals surface area contributed by atoms with E-state index in [-0.39, 0.29) is 12.0 Å². The van der Waals surface area contributed by atoms with Gasteiger partial charge < -0.3 is 14.5 Å². The summed E-state index contributed by atoms with van der Waals surface area (Å²) < 4.78 is 6.13. The number of carbonyl (C=O) groups is 1. The number of anilines is 1. The van der Waals surface area contributed by atoms with E-state index < -0.39 is 0 Å². The van der Waals surface area contributed by atoms with Crippen LogP contribution in [0.1, 0.15) is 42.5 Å². The second kappa shape index (κ2) is 8.37. The molecule has 0 unspecified atom stereocenters. The topological polar surface area (TPSA) is 58.6 Å². The monoisotopic (exact) mass is 366 g/mol. The molecule has 0 radical (unpaired) electrons. The van der Waals surface area contributed by atoms with Crippen LogP contribution in [0.2, 0.25) is 0 Å². The van der Waals surface area contributed by atoms with Gasteiger partial charge in [0.2, 0.25) is 5.95 Å². The third kappa shape index (κ3) is 4.38. The van der Waals surface area contributed by atoms with Crippen LogP contribution in [0.25, 0.3) is 0 Å². The predicted octanol–water partition coefficient (Wildman–Crippen LogP) is 3.15. The molecule has 6 nitrogen and oxygen atoms in total. The van der Waals surface area contributed by atoms with Crippen LogP contribution in [0.4, 0.5) is 5.95 Å². The molecular formula is C21H26N4O2. The van der Waals surface area contributed by atoms with Crippen LogP contribution in [0.3, 0.4) is 0 Å². The first-order valence-corrected chi connectivity index (χ1v) is 9.87. The molecule has 0 spiro atoms. The first-order valence-electron chi connectivity index (χ1n) is 9.87. The van der Waals surface area contributed by atoms with Crippen molar-refractivity contribution in [1.82, 2.24) is 14.9 Å². The van der Waals surface area contributed by atoms with Crippen LogP contribution in [0.15, 0.2) is 42.7 Å². The largest absolute Gasteiger partial charge is 0.490 e. The zero-order valence-corrected chi connectivity index (χ0v) is 15.6. The Balaban J connectivity index is 1.29. The Hall–Kier alpha value is -2.63. The lowest BCUT2D eigenvalue weighted by atomic mass is 10.1. The lowest BCUT2D eigenvalue weighted by Gasteiger charge is -2.32. The normalized spacial score (nSPS) is 18.4. The first-order chi connectivity index (χ1) is 13.3. The van der Waals surface area contributed by atoms with Crippen LogP contribution in [-0.2, 0) is 0 Å². The van der Waals surface area contributed by atoms with Crippen LogP contribution < -0.4 is 9.64 Å². The summed E-state index contributed by atoms with van der Waals surface area (Å²) in [5, 5.41) is 0. The number of nitrogens with zero attached hydrogens (tertiary/aromatic N) is 4. The summed E-state index contributed by atoms with van der Waals surface area (Å²) in [6.07, 6.45) is 9.06. The molecule has 0 bridgehead atoms. The molecule has 2 aliphatic heterocycles. The van der Waals surface area contributed by atoms with E-state index in [0.717, 1.165) is 69.1 Å². The molecule has 1 aromatic heterocycles. The van der Waals surface area contributed by atoms with Gasteiger partial charge in [0.1, 0.15) is 11.9 Å². The molecule has 27 heavy (non-hydrogen) atoms. The number of ether oxygens (including phenoxy) is 1. The van der Waals surface area contributed by atoms with Crippen molar-refractivity contribution in [2.45, 2.75) is 38.2 Å². The molecule has 3 heterocycles. The second-order valence-corrected chi connectivity index (χ2v) is 7.23. The fourth-order valence-corrected chi connectivity index (χ4v) is 3.78. The number of benzene rings is 1. The quantitative estimate of drug-likeness (QED) is 0.832. The fraction of sp³-hybridized carbons (Fsp3) is 0.476. The molecule has 0 saturated carbocycles. The maximum atomic E-state index is 12.5. The van der Waals surface area contributed by atoms with Crippen molar-refractivity contribution in [2.24, 2.45) is 0 Å². The molecule has 1 amide bonds. The summed E-state index contributed by atoms with van der Waals surface area (Å²) in [5.41, 5.74) is 0.750. The molecule has 1 aromatic carbocycles. The number of likely N-dealkylation sites (tertiary alicyclic amines) is 1. The summed E-state index contributed by atoms with van der Waals surface area (Å²) in [5.74, 6) is 1.76. The van der Waals surface area contributed by atoms with Gasteiger partial charge in [0.15, 0.2) is 0 Å². The number of amides is 1. The molecule has 0 N–H and O–H groups in total. The number of piperidine rings is 2. The van der Waals surface area contributed by atoms with Crippen LogP contribution in [-0.4, -0.2) is 53.1 Å². The van der Waals surface area contributed by atoms with Crippen molar-refractivity contribution in [1.29, 1.82) is 0 Å². The molecule has 4 rings (SSSR count). The molecule has 2 aromatic rings. The summed E-state index contributed by atoms with van der Waals surface area (Å²) in [7, 11) is 0. The smallest absolute Gasteiger partial charge is 0.253 e. The van der Waals surface area contributed by atoms with Gasteiger partial charge in [-0.25, -0.2) is 9.97 Å². The van der Waals surface area contributed by atoms with E-state index in [1.165, 1.54) is 6.42 Å². The lowest BCUT2D eigenvalue weighted by Crippen LogP contribution is -2.39. The highest BCUT2D eigenvalue weighted by molar-refractivity contribution is 5.94. The van der Waals surface area contributed by atoms with E-state index in [1.807, 2.05) is 35.2 Å². The molecule has 2 saturated heterocycles. The van der Waals surface area contributed by atoms with Gasteiger partial charge in [-0.3, -0.25) is 4.79 Å². The lowest BCUT2D eigenvalue weighted by molar-refractivity contribution is 0.0724. The first kappa shape index (κ1) is 17.8. The molecule has 0 aliphatic carbocycles. The minimum absolute atomic E-state index is 0.136. The molecule has 6 heteroatoms. The van der Waals surface area contributed by atoms with Gasteiger partial charge in [0.25, 0.3) is 5.91 Å². The summed E-state index contributed by atoms with van der Waals surface area (Å²) in [6.45, 7) is 3.53. The summed E-state index contributed by atoms with van der Waals surface area (Å²) in [4.78, 5) is 25.3. The minimum Gasteiger partial charge on any atom is -0.490 e. The van der Waals surface area contributed by atoms with Gasteiger partial charge in [-0.05, 0) is 49.6 Å². The van der Waals surface area contributed by atoms with E-state index in [2.05, 4.69) is 14.9 Å². The van der Waals surface area contributed by atoms with Gasteiger partial charge in [-0.15, -0.1) is 0 Å². The third-order valence-electron chi connectivity index (χ3n) is 5.32. The van der Waals surface area contributed by atoms with E-state index in [0.29, 0.717) is 0 Å². The molecule has 0 atom stereocenters. The van der Waals surface area contributed by atoms with Crippen molar-refractivity contribution in [2.75, 3.05) is 31.1 Å². The maximum absolute atomic E-state index is 12.5. The van der Waals surface area contributed by atoms with E-state index >= 15 is 0 Å². The van der Waals surface area contributed by atoms with Gasteiger partial charge in [0.05, 0.1) is 0 Å². The predicted molar refractivity (Wildman–Crippen MR) is 104 cm³/mol. The summed E-state index contributed by atoms with van der Waals surface area (Å²) in [6, 6.07) is 9.45. The van der Waals surface area contributed by atoms with Crippen LogP contribution >= 0.6 is 0 Å². The van der Waals surface area contributed by atoms with Gasteiger partial charge in [-0.1, -0.05) is 0 Å². The zero-order valence-electron chi connectivity index (χ0n) is 15.6. The SMILES string of the molecule is O=C(c1ccc(OC2CCN(c3ncccn3)CC2)cc1)N1CCCCC1. The van der Waals surface area contributed by atoms with E-state index in [1.54, 1.807) is 12.4 Å². The Bertz CT molecular complexity index is 737. The number of hydrogen-bond acceptors (Lipinski definition) is 5. The van der Waals surface area contributed by atoms with E-state index in [9.17, 15) is 4.79 Å². The Morgan fingerprint density at radius 1 is 0.926 bits per heavy atom. The molecular weight excluding hydrogens is 340 g/mol. The van der Waals surface area contributed by atoms with Crippen molar-refractivity contribution in [3.63, 3.8) is 0 Å². The van der Waals surface area contributed by atoms with E-state index in [4.69, 9.17) is 4.74 Å². The van der Waals surface area contributed by atoms with Gasteiger partial charge in [-0.2, -0.15) is 0 Å². The van der Waals surface area contributed by atoms with Crippen molar-refractivity contribution < 1.29 is 9.53 Å². The van der Waals surface area contributed by atoms with Crippen molar-refractivity contribution in [3.8, 4) is 5.75 Å². The fourth-order valence-electron chi connectivity index (χ4n) is 3.78. The number of aromatic nitrogens is 2.